The van der Waals surface area contributed by atoms with Crippen LogP contribution in [0.15, 0.2) is 0 Å². The van der Waals surface area contributed by atoms with Crippen LogP contribution in [-0.4, -0.2) is 33.2 Å². The molecule has 0 unspecified atom stereocenters. The molecule has 0 saturated heterocycles. The van der Waals surface area contributed by atoms with Crippen molar-refractivity contribution in [3.05, 3.63) is 6.92 Å². The summed E-state index contributed by atoms with van der Waals surface area (Å²) < 4.78 is 0. The summed E-state index contributed by atoms with van der Waals surface area (Å²) in [4.78, 5) is 27.0. The second kappa shape index (κ2) is 36.1. The Morgan fingerprint density at radius 1 is 0.882 bits per heavy atom. The number of hydrogen-bond donors (Lipinski definition) is 3. The van der Waals surface area contributed by atoms with Crippen molar-refractivity contribution in [1.29, 1.82) is 0 Å². The van der Waals surface area contributed by atoms with Crippen molar-refractivity contribution in [2.45, 2.75) is 34.1 Å². The van der Waals surface area contributed by atoms with E-state index in [-0.39, 0.29) is 34.1 Å². The summed E-state index contributed by atoms with van der Waals surface area (Å²) in [5.74, 6) is -2.50. The molecule has 0 spiro atoms. The van der Waals surface area contributed by atoms with Gasteiger partial charge in [-0.15, -0.1) is 0 Å². The Balaban J connectivity index is -0.0000000230. The van der Waals surface area contributed by atoms with Crippen LogP contribution in [-0.2, 0) is 48.5 Å². The predicted molar refractivity (Wildman–Crippen MR) is 55.6 cm³/mol. The van der Waals surface area contributed by atoms with E-state index in [9.17, 15) is 0 Å². The van der Waals surface area contributed by atoms with E-state index in [0.29, 0.717) is 0 Å². The van der Waals surface area contributed by atoms with Crippen LogP contribution >= 0.6 is 0 Å². The number of hydrogen-bond acceptors (Lipinski definition) is 3. The first kappa shape index (κ1) is 36.0. The molecule has 0 aliphatic rings. The fourth-order valence-corrected chi connectivity index (χ4v) is 0. The van der Waals surface area contributed by atoms with Crippen molar-refractivity contribution in [3.8, 4) is 0 Å². The number of carbonyl (C=O) groups is 3. The van der Waals surface area contributed by atoms with Gasteiger partial charge in [0.25, 0.3) is 17.9 Å². The first-order valence-electron chi connectivity index (χ1n) is 3.99. The van der Waals surface area contributed by atoms with Crippen molar-refractivity contribution >= 4 is 17.9 Å². The molecule has 8 heteroatoms. The first-order chi connectivity index (χ1) is 6.61. The van der Waals surface area contributed by atoms with Crippen LogP contribution in [0.3, 0.4) is 0 Å². The van der Waals surface area contributed by atoms with Crippen LogP contribution < -0.4 is 0 Å². The van der Waals surface area contributed by atoms with Crippen LogP contribution in [0.2, 0.25) is 0 Å². The molecule has 0 radical (unpaired) electrons. The van der Waals surface area contributed by atoms with E-state index < -0.39 is 17.9 Å². The third-order valence-electron chi connectivity index (χ3n) is 0. The minimum absolute atomic E-state index is 0. The smallest absolute Gasteiger partial charge is 0.481 e. The van der Waals surface area contributed by atoms with Crippen molar-refractivity contribution < 1.29 is 63.8 Å². The Bertz CT molecular complexity index is 134. The Hall–Kier alpha value is -0.551. The van der Waals surface area contributed by atoms with Crippen LogP contribution in [0.1, 0.15) is 34.1 Å². The molecule has 0 aromatic carbocycles. The molecule has 0 heterocycles. The monoisotopic (exact) mass is 342 g/mol. The van der Waals surface area contributed by atoms with Crippen molar-refractivity contribution in [2.24, 2.45) is 0 Å². The Morgan fingerprint density at radius 2 is 0.882 bits per heavy atom. The van der Waals surface area contributed by atoms with Crippen molar-refractivity contribution in [2.75, 3.05) is 0 Å². The van der Waals surface area contributed by atoms with E-state index in [1.165, 1.54) is 0 Å². The topological polar surface area (TPSA) is 112 Å². The molecule has 3 N–H and O–H groups in total. The molecule has 0 saturated carbocycles. The predicted octanol–water partition coefficient (Wildman–Crippen LogP) is 1.50. The average Bonchev–Trinajstić information content (AvgIpc) is 1.81. The van der Waals surface area contributed by atoms with Crippen LogP contribution in [0.4, 0.5) is 0 Å². The zero-order valence-electron chi connectivity index (χ0n) is 10.1. The molecule has 0 amide bonds. The van der Waals surface area contributed by atoms with Gasteiger partial charge in [0.1, 0.15) is 0 Å². The van der Waals surface area contributed by atoms with Gasteiger partial charge in [-0.2, -0.15) is 6.42 Å². The Kier molecular flexibility index (Phi) is 76.4. The second-order valence-corrected chi connectivity index (χ2v) is 2.06. The van der Waals surface area contributed by atoms with E-state index in [1.54, 1.807) is 0 Å². The summed E-state index contributed by atoms with van der Waals surface area (Å²) >= 11 is 0. The van der Waals surface area contributed by atoms with Gasteiger partial charge in [0.05, 0.1) is 0 Å². The zero-order valence-corrected chi connectivity index (χ0v) is 12.2. The summed E-state index contributed by atoms with van der Waals surface area (Å²) in [5, 5.41) is 22.2. The average molecular weight is 343 g/mol. The molecule has 6 nitrogen and oxygen atoms in total. The van der Waals surface area contributed by atoms with Crippen LogP contribution in [0, 0.1) is 6.92 Å². The molecule has 0 aliphatic heterocycles. The van der Waals surface area contributed by atoms with Crippen molar-refractivity contribution in [1.82, 2.24) is 0 Å². The Morgan fingerprint density at radius 3 is 0.882 bits per heavy atom. The summed E-state index contributed by atoms with van der Waals surface area (Å²) in [6, 6.07) is 0. The van der Waals surface area contributed by atoms with Gasteiger partial charge in [-0.25, -0.2) is 0 Å². The molecule has 0 rings (SSSR count). The zero-order chi connectivity index (χ0) is 13.4. The van der Waals surface area contributed by atoms with Gasteiger partial charge in [0.2, 0.25) is 0 Å². The fraction of sp³-hybridized carbons (Fsp3) is 0.556. The molecule has 0 aromatic heterocycles. The number of carboxylic acid groups (broad SMARTS) is 3. The second-order valence-electron chi connectivity index (χ2n) is 2.06. The molecule has 17 heavy (non-hydrogen) atoms. The standard InChI is InChI=1S/C3H7.3C2H4O2.Cu.Fe/c1-3-2;3*1-2(3)4;;/h1,3H2,2H3;3*1H3,(H,3,4);;/q-1;;;;+1;. The van der Waals surface area contributed by atoms with E-state index in [2.05, 4.69) is 6.92 Å². The van der Waals surface area contributed by atoms with Gasteiger partial charge in [0, 0.05) is 37.8 Å². The summed E-state index contributed by atoms with van der Waals surface area (Å²) in [6.45, 7) is 8.75. The molecule has 0 aromatic rings. The third-order valence-corrected chi connectivity index (χ3v) is 0. The SMILES string of the molecule is CC(=O)O.CC(=O)O.CC(=O)O.[CH2-]CC.[Cu+].[Fe]. The van der Waals surface area contributed by atoms with Crippen LogP contribution in [0.5, 0.6) is 0 Å². The quantitative estimate of drug-likeness (QED) is 0.454. The summed E-state index contributed by atoms with van der Waals surface area (Å²) in [6.07, 6.45) is 1.00. The molecular weight excluding hydrogens is 323 g/mol. The molecule has 110 valence electrons. The van der Waals surface area contributed by atoms with E-state index in [4.69, 9.17) is 29.7 Å². The number of aliphatic carboxylic acids is 3. The largest absolute Gasteiger partial charge is 1.00 e. The van der Waals surface area contributed by atoms with Gasteiger partial charge >= 0.3 is 17.1 Å². The van der Waals surface area contributed by atoms with Crippen LogP contribution in [0.25, 0.3) is 0 Å². The van der Waals surface area contributed by atoms with E-state index in [1.807, 2.05) is 6.92 Å². The normalized spacial score (nSPS) is 5.47. The molecular formula is C9H19CuFeO6. The van der Waals surface area contributed by atoms with E-state index >= 15 is 0 Å². The first-order valence-corrected chi connectivity index (χ1v) is 3.99. The Labute approximate surface area is 123 Å². The van der Waals surface area contributed by atoms with Gasteiger partial charge in [0.15, 0.2) is 0 Å². The molecule has 0 aliphatic carbocycles. The fourth-order valence-electron chi connectivity index (χ4n) is 0. The molecule has 0 fully saturated rings. The van der Waals surface area contributed by atoms with E-state index in [0.717, 1.165) is 27.2 Å². The minimum Gasteiger partial charge on any atom is -0.481 e. The maximum absolute atomic E-state index is 9.00. The molecule has 0 atom stereocenters. The summed E-state index contributed by atoms with van der Waals surface area (Å²) in [7, 11) is 0. The van der Waals surface area contributed by atoms with Crippen molar-refractivity contribution in [3.63, 3.8) is 0 Å². The maximum Gasteiger partial charge on any atom is 1.00 e. The minimum atomic E-state index is -0.833. The van der Waals surface area contributed by atoms with Gasteiger partial charge in [-0.1, -0.05) is 6.92 Å². The number of carboxylic acids is 3. The van der Waals surface area contributed by atoms with Gasteiger partial charge in [-0.3, -0.25) is 14.4 Å². The maximum atomic E-state index is 9.00. The third kappa shape index (κ3) is 9200. The number of rotatable bonds is 0. The summed E-state index contributed by atoms with van der Waals surface area (Å²) in [5.41, 5.74) is 0. The molecule has 0 bridgehead atoms. The van der Waals surface area contributed by atoms with Gasteiger partial charge < -0.3 is 22.2 Å². The van der Waals surface area contributed by atoms with Gasteiger partial charge in [-0.05, 0) is 0 Å².